The molecule has 0 saturated carbocycles. The van der Waals surface area contributed by atoms with Gasteiger partial charge in [-0.3, -0.25) is 0 Å². The Labute approximate surface area is 102 Å². The predicted molar refractivity (Wildman–Crippen MR) is 71.8 cm³/mol. The lowest BCUT2D eigenvalue weighted by Crippen LogP contribution is -2.36. The largest absolute Gasteiger partial charge is 0.316 e. The molecule has 1 rings (SSSR count). The lowest BCUT2D eigenvalue weighted by molar-refractivity contribution is 0.317. The van der Waals surface area contributed by atoms with E-state index >= 15 is 0 Å². The molecule has 1 fully saturated rings. The molecule has 0 aromatic rings. The van der Waals surface area contributed by atoms with Crippen molar-refractivity contribution in [1.29, 1.82) is 0 Å². The molecule has 2 heteroatoms. The molecule has 1 aliphatic rings. The van der Waals surface area contributed by atoms with Crippen LogP contribution in [0.25, 0.3) is 0 Å². The summed E-state index contributed by atoms with van der Waals surface area (Å²) < 4.78 is 0. The molecule has 1 aliphatic heterocycles. The molecule has 0 aromatic carbocycles. The van der Waals surface area contributed by atoms with Crippen molar-refractivity contribution in [3.63, 3.8) is 0 Å². The molecule has 96 valence electrons. The highest BCUT2D eigenvalue weighted by atomic mass is 15.0. The Balaban J connectivity index is 2.12. The van der Waals surface area contributed by atoms with Crippen LogP contribution < -0.4 is 10.6 Å². The quantitative estimate of drug-likeness (QED) is 0.665. The second kappa shape index (κ2) is 7.29. The van der Waals surface area contributed by atoms with Gasteiger partial charge < -0.3 is 10.6 Å². The molecule has 0 bridgehead atoms. The molecule has 0 amide bonds. The first-order valence-corrected chi connectivity index (χ1v) is 7.11. The van der Waals surface area contributed by atoms with E-state index in [0.29, 0.717) is 5.41 Å². The zero-order valence-electron chi connectivity index (χ0n) is 11.4. The summed E-state index contributed by atoms with van der Waals surface area (Å²) in [5.74, 6) is 0.887. The van der Waals surface area contributed by atoms with Crippen molar-refractivity contribution >= 4 is 0 Å². The van der Waals surface area contributed by atoms with Crippen molar-refractivity contribution in [3.05, 3.63) is 0 Å². The molecule has 1 saturated heterocycles. The number of hydrogen-bond acceptors (Lipinski definition) is 2. The Bertz CT molecular complexity index is 174. The third-order valence-electron chi connectivity index (χ3n) is 3.99. The van der Waals surface area contributed by atoms with Crippen LogP contribution in [0, 0.1) is 11.3 Å². The van der Waals surface area contributed by atoms with Crippen LogP contribution in [0.3, 0.4) is 0 Å². The van der Waals surface area contributed by atoms with Crippen molar-refractivity contribution in [1.82, 2.24) is 10.6 Å². The minimum Gasteiger partial charge on any atom is -0.316 e. The van der Waals surface area contributed by atoms with Crippen LogP contribution in [-0.4, -0.2) is 26.2 Å². The summed E-state index contributed by atoms with van der Waals surface area (Å²) in [6.07, 6.45) is 6.76. The summed E-state index contributed by atoms with van der Waals surface area (Å²) in [7, 11) is 0. The average Bonchev–Trinajstić information content (AvgIpc) is 2.70. The number of hydrogen-bond donors (Lipinski definition) is 2. The first-order chi connectivity index (χ1) is 7.70. The van der Waals surface area contributed by atoms with Crippen molar-refractivity contribution in [2.45, 2.75) is 52.9 Å². The van der Waals surface area contributed by atoms with E-state index in [9.17, 15) is 0 Å². The van der Waals surface area contributed by atoms with Crippen LogP contribution in [0.4, 0.5) is 0 Å². The third kappa shape index (κ3) is 4.84. The molecule has 0 aliphatic carbocycles. The van der Waals surface area contributed by atoms with E-state index in [1.165, 1.54) is 58.3 Å². The van der Waals surface area contributed by atoms with E-state index in [0.717, 1.165) is 5.92 Å². The van der Waals surface area contributed by atoms with Crippen LogP contribution in [0.5, 0.6) is 0 Å². The molecule has 0 radical (unpaired) electrons. The van der Waals surface area contributed by atoms with Gasteiger partial charge in [-0.15, -0.1) is 0 Å². The minimum absolute atomic E-state index is 0.503. The van der Waals surface area contributed by atoms with Crippen molar-refractivity contribution in [2.75, 3.05) is 26.2 Å². The van der Waals surface area contributed by atoms with Gasteiger partial charge in [0.25, 0.3) is 0 Å². The maximum Gasteiger partial charge on any atom is 0.00179 e. The number of rotatable bonds is 8. The highest BCUT2D eigenvalue weighted by Gasteiger charge is 2.27. The first-order valence-electron chi connectivity index (χ1n) is 7.11. The topological polar surface area (TPSA) is 24.1 Å². The van der Waals surface area contributed by atoms with Gasteiger partial charge in [-0.2, -0.15) is 0 Å². The normalized spacial score (nSPS) is 27.2. The second-order valence-electron chi connectivity index (χ2n) is 5.78. The van der Waals surface area contributed by atoms with Gasteiger partial charge in [0.05, 0.1) is 0 Å². The van der Waals surface area contributed by atoms with Gasteiger partial charge in [0, 0.05) is 13.1 Å². The smallest absolute Gasteiger partial charge is 0.00179 e. The Kier molecular flexibility index (Phi) is 6.37. The Morgan fingerprint density at radius 1 is 1.38 bits per heavy atom. The lowest BCUT2D eigenvalue weighted by atomic mass is 9.89. The van der Waals surface area contributed by atoms with E-state index in [1.807, 2.05) is 0 Å². The Hall–Kier alpha value is -0.0800. The van der Waals surface area contributed by atoms with Crippen LogP contribution in [0.2, 0.25) is 0 Å². The molecule has 0 aromatic heterocycles. The lowest BCUT2D eigenvalue weighted by Gasteiger charge is -2.25. The fourth-order valence-electron chi connectivity index (χ4n) is 2.54. The predicted octanol–water partition coefficient (Wildman–Crippen LogP) is 2.79. The molecule has 0 spiro atoms. The maximum absolute atomic E-state index is 3.69. The van der Waals surface area contributed by atoms with E-state index < -0.39 is 0 Å². The molecule has 16 heavy (non-hydrogen) atoms. The fraction of sp³-hybridized carbons (Fsp3) is 1.00. The van der Waals surface area contributed by atoms with Crippen molar-refractivity contribution in [3.8, 4) is 0 Å². The highest BCUT2D eigenvalue weighted by molar-refractivity contribution is 4.85. The van der Waals surface area contributed by atoms with Gasteiger partial charge in [0.1, 0.15) is 0 Å². The van der Waals surface area contributed by atoms with Gasteiger partial charge in [-0.05, 0) is 37.3 Å². The van der Waals surface area contributed by atoms with Crippen molar-refractivity contribution in [2.24, 2.45) is 11.3 Å². The van der Waals surface area contributed by atoms with Crippen LogP contribution in [-0.2, 0) is 0 Å². The summed E-state index contributed by atoms with van der Waals surface area (Å²) in [6, 6.07) is 0. The molecule has 1 heterocycles. The molecular weight excluding hydrogens is 196 g/mol. The summed E-state index contributed by atoms with van der Waals surface area (Å²) >= 11 is 0. The fourth-order valence-corrected chi connectivity index (χ4v) is 2.54. The highest BCUT2D eigenvalue weighted by Crippen LogP contribution is 2.23. The third-order valence-corrected chi connectivity index (χ3v) is 3.99. The molecular formula is C14H30N2. The standard InChI is InChI=1S/C14H30N2/c1-4-6-7-13(5-2)10-16-12-14(3)8-9-15-11-14/h13,15-16H,4-12H2,1-3H3. The molecule has 2 nitrogen and oxygen atoms in total. The summed E-state index contributed by atoms with van der Waals surface area (Å²) in [5.41, 5.74) is 0.503. The molecule has 2 N–H and O–H groups in total. The monoisotopic (exact) mass is 226 g/mol. The van der Waals surface area contributed by atoms with Gasteiger partial charge in [-0.1, -0.05) is 40.0 Å². The summed E-state index contributed by atoms with van der Waals surface area (Å²) in [5, 5.41) is 7.15. The van der Waals surface area contributed by atoms with E-state index in [2.05, 4.69) is 31.4 Å². The van der Waals surface area contributed by atoms with E-state index in [1.54, 1.807) is 0 Å². The van der Waals surface area contributed by atoms with Crippen LogP contribution in [0.15, 0.2) is 0 Å². The summed E-state index contributed by atoms with van der Waals surface area (Å²) in [4.78, 5) is 0. The maximum atomic E-state index is 3.69. The van der Waals surface area contributed by atoms with E-state index in [-0.39, 0.29) is 0 Å². The zero-order valence-corrected chi connectivity index (χ0v) is 11.4. The zero-order chi connectivity index (χ0) is 11.9. The Morgan fingerprint density at radius 3 is 2.75 bits per heavy atom. The van der Waals surface area contributed by atoms with Gasteiger partial charge >= 0.3 is 0 Å². The van der Waals surface area contributed by atoms with Gasteiger partial charge in [-0.25, -0.2) is 0 Å². The van der Waals surface area contributed by atoms with Gasteiger partial charge in [0.2, 0.25) is 0 Å². The minimum atomic E-state index is 0.503. The van der Waals surface area contributed by atoms with Crippen LogP contribution >= 0.6 is 0 Å². The first kappa shape index (κ1) is 14.0. The van der Waals surface area contributed by atoms with Gasteiger partial charge in [0.15, 0.2) is 0 Å². The SMILES string of the molecule is CCCCC(CC)CNCC1(C)CCNC1. The Morgan fingerprint density at radius 2 is 2.19 bits per heavy atom. The molecule has 2 unspecified atom stereocenters. The molecule has 2 atom stereocenters. The van der Waals surface area contributed by atoms with Crippen LogP contribution in [0.1, 0.15) is 52.9 Å². The number of nitrogens with one attached hydrogen (secondary N) is 2. The average molecular weight is 226 g/mol. The van der Waals surface area contributed by atoms with E-state index in [4.69, 9.17) is 0 Å². The summed E-state index contributed by atoms with van der Waals surface area (Å²) in [6.45, 7) is 11.8. The number of unbranched alkanes of at least 4 members (excludes halogenated alkanes) is 1. The van der Waals surface area contributed by atoms with Crippen molar-refractivity contribution < 1.29 is 0 Å². The second-order valence-corrected chi connectivity index (χ2v) is 5.78.